The predicted molar refractivity (Wildman–Crippen MR) is 84.8 cm³/mol. The lowest BCUT2D eigenvalue weighted by Crippen LogP contribution is -2.29. The molecular formula is C14H22NOPS. The van der Waals surface area contributed by atoms with Crippen molar-refractivity contribution in [3.05, 3.63) is 29.3 Å². The molecule has 4 heteroatoms. The van der Waals surface area contributed by atoms with Crippen LogP contribution in [0.25, 0.3) is 0 Å². The average molecular weight is 283 g/mol. The first-order chi connectivity index (χ1) is 8.27. The Hall–Kier alpha value is -0.530. The molecule has 1 aromatic carbocycles. The summed E-state index contributed by atoms with van der Waals surface area (Å²) in [5.74, 6) is 0.0724. The van der Waals surface area contributed by atoms with Gasteiger partial charge in [0.2, 0.25) is 0 Å². The minimum atomic E-state index is -1.58. The normalized spacial score (nSPS) is 13.2. The molecule has 1 aromatic rings. The fourth-order valence-electron chi connectivity index (χ4n) is 2.13. The van der Waals surface area contributed by atoms with Gasteiger partial charge in [-0.2, -0.15) is 0 Å². The van der Waals surface area contributed by atoms with Gasteiger partial charge in [0.15, 0.2) is 0 Å². The van der Waals surface area contributed by atoms with Crippen LogP contribution in [0.5, 0.6) is 0 Å². The Balaban J connectivity index is 2.94. The molecule has 100 valence electrons. The highest BCUT2D eigenvalue weighted by atomic mass is 32.7. The molecule has 0 radical (unpaired) electrons. The van der Waals surface area contributed by atoms with Crippen LogP contribution in [0.1, 0.15) is 24.5 Å². The average Bonchev–Trinajstić information content (AvgIpc) is 2.22. The Kier molecular flexibility index (Phi) is 5.24. The molecule has 18 heavy (non-hydrogen) atoms. The van der Waals surface area contributed by atoms with Crippen LogP contribution in [-0.4, -0.2) is 24.9 Å². The summed E-state index contributed by atoms with van der Waals surface area (Å²) in [6.45, 7) is 8.56. The highest BCUT2D eigenvalue weighted by Gasteiger charge is 2.30. The van der Waals surface area contributed by atoms with E-state index in [-0.39, 0.29) is 11.6 Å². The summed E-state index contributed by atoms with van der Waals surface area (Å²) in [7, 11) is 0. The SMILES string of the molecule is CCC(C(=O)Nc1c(C)cccc1C)[P+](C)(C)[S-]. The van der Waals surface area contributed by atoms with Crippen molar-refractivity contribution in [3.8, 4) is 0 Å². The lowest BCUT2D eigenvalue weighted by molar-refractivity contribution is -0.115. The number of benzene rings is 1. The highest BCUT2D eigenvalue weighted by molar-refractivity contribution is 8.42. The molecule has 0 bridgehead atoms. The van der Waals surface area contributed by atoms with Crippen LogP contribution >= 0.6 is 6.46 Å². The third-order valence-corrected chi connectivity index (χ3v) is 6.03. The van der Waals surface area contributed by atoms with E-state index in [0.717, 1.165) is 23.2 Å². The minimum Gasteiger partial charge on any atom is -0.556 e. The smallest absolute Gasteiger partial charge is 0.263 e. The zero-order chi connectivity index (χ0) is 13.9. The van der Waals surface area contributed by atoms with Crippen LogP contribution in [-0.2, 0) is 17.0 Å². The van der Waals surface area contributed by atoms with Crippen LogP contribution in [0, 0.1) is 13.8 Å². The van der Waals surface area contributed by atoms with Crippen LogP contribution < -0.4 is 5.32 Å². The van der Waals surface area contributed by atoms with E-state index in [2.05, 4.69) is 5.32 Å². The summed E-state index contributed by atoms with van der Waals surface area (Å²) in [6, 6.07) is 6.02. The first kappa shape index (κ1) is 15.5. The zero-order valence-electron chi connectivity index (χ0n) is 11.8. The van der Waals surface area contributed by atoms with E-state index >= 15 is 0 Å². The third kappa shape index (κ3) is 3.73. The number of hydrogen-bond donors (Lipinski definition) is 1. The van der Waals surface area contributed by atoms with Crippen LogP contribution in [0.15, 0.2) is 18.2 Å². The van der Waals surface area contributed by atoms with Crippen molar-refractivity contribution in [3.63, 3.8) is 0 Å². The van der Waals surface area contributed by atoms with Crippen molar-refractivity contribution in [1.82, 2.24) is 0 Å². The fourth-order valence-corrected chi connectivity index (χ4v) is 4.37. The fraction of sp³-hybridized carbons (Fsp3) is 0.500. The van der Waals surface area contributed by atoms with Gasteiger partial charge in [-0.25, -0.2) is 0 Å². The van der Waals surface area contributed by atoms with Crippen molar-refractivity contribution >= 4 is 30.3 Å². The van der Waals surface area contributed by atoms with E-state index in [9.17, 15) is 4.79 Å². The molecule has 2 nitrogen and oxygen atoms in total. The van der Waals surface area contributed by atoms with Gasteiger partial charge in [-0.15, -0.1) is 6.46 Å². The second kappa shape index (κ2) is 6.08. The molecule has 0 spiro atoms. The number of nitrogens with one attached hydrogen (secondary N) is 1. The lowest BCUT2D eigenvalue weighted by Gasteiger charge is -2.31. The first-order valence-corrected chi connectivity index (χ1v) is 9.95. The van der Waals surface area contributed by atoms with Crippen molar-refractivity contribution in [1.29, 1.82) is 0 Å². The summed E-state index contributed by atoms with van der Waals surface area (Å²) in [5.41, 5.74) is 3.09. The van der Waals surface area contributed by atoms with Gasteiger partial charge in [0, 0.05) is 19.0 Å². The second-order valence-corrected chi connectivity index (χ2v) is 11.4. The molecular weight excluding hydrogens is 261 g/mol. The maximum absolute atomic E-state index is 12.3. The van der Waals surface area contributed by atoms with Crippen LogP contribution in [0.4, 0.5) is 5.69 Å². The molecule has 0 aliphatic rings. The maximum atomic E-state index is 12.3. The summed E-state index contributed by atoms with van der Waals surface area (Å²) in [4.78, 5) is 12.3. The molecule has 1 rings (SSSR count). The number of para-hydroxylation sites is 1. The Bertz CT molecular complexity index is 420. The number of carbonyl (C=O) groups is 1. The molecule has 0 heterocycles. The van der Waals surface area contributed by atoms with E-state index < -0.39 is 6.46 Å². The molecule has 1 N–H and O–H groups in total. The zero-order valence-corrected chi connectivity index (χ0v) is 13.5. The Morgan fingerprint density at radius 2 is 1.83 bits per heavy atom. The topological polar surface area (TPSA) is 29.1 Å². The van der Waals surface area contributed by atoms with Gasteiger partial charge < -0.3 is 17.6 Å². The summed E-state index contributed by atoms with van der Waals surface area (Å²) in [5, 5.41) is 3.06. The third-order valence-electron chi connectivity index (χ3n) is 3.17. The summed E-state index contributed by atoms with van der Waals surface area (Å²) >= 11 is 5.51. The van der Waals surface area contributed by atoms with Gasteiger partial charge in [0.1, 0.15) is 5.66 Å². The van der Waals surface area contributed by atoms with Crippen molar-refractivity contribution < 1.29 is 4.79 Å². The van der Waals surface area contributed by atoms with Crippen molar-refractivity contribution in [2.24, 2.45) is 0 Å². The van der Waals surface area contributed by atoms with Gasteiger partial charge >= 0.3 is 0 Å². The Morgan fingerprint density at radius 3 is 2.22 bits per heavy atom. The van der Waals surface area contributed by atoms with E-state index in [1.54, 1.807) is 0 Å². The monoisotopic (exact) mass is 283 g/mol. The van der Waals surface area contributed by atoms with Crippen LogP contribution in [0.3, 0.4) is 0 Å². The van der Waals surface area contributed by atoms with Crippen molar-refractivity contribution in [2.75, 3.05) is 18.6 Å². The van der Waals surface area contributed by atoms with Gasteiger partial charge in [0.25, 0.3) is 5.91 Å². The van der Waals surface area contributed by atoms with E-state index in [4.69, 9.17) is 12.2 Å². The first-order valence-electron chi connectivity index (χ1n) is 6.19. The molecule has 1 unspecified atom stereocenters. The molecule has 0 saturated heterocycles. The number of hydrogen-bond acceptors (Lipinski definition) is 2. The Morgan fingerprint density at radius 1 is 1.33 bits per heavy atom. The van der Waals surface area contributed by atoms with E-state index in [0.29, 0.717) is 0 Å². The van der Waals surface area contributed by atoms with Gasteiger partial charge in [-0.05, 0) is 31.4 Å². The summed E-state index contributed by atoms with van der Waals surface area (Å²) in [6.07, 6.45) is 0.807. The maximum Gasteiger partial charge on any atom is 0.263 e. The number of anilines is 1. The number of rotatable bonds is 4. The number of amides is 1. The molecule has 1 atom stereocenters. The molecule has 0 aromatic heterocycles. The van der Waals surface area contributed by atoms with Gasteiger partial charge in [-0.3, -0.25) is 4.79 Å². The lowest BCUT2D eigenvalue weighted by atomic mass is 10.1. The molecule has 1 amide bonds. The predicted octanol–water partition coefficient (Wildman–Crippen LogP) is 3.76. The standard InChI is InChI=1S/C14H22NOPS/c1-6-12(17(4,5)18)14(16)15-13-10(2)8-7-9-11(13)3/h7-9,12H,6H2,1-5H3,(H,15,16). The quantitative estimate of drug-likeness (QED) is 0.673. The molecule has 0 saturated carbocycles. The molecule has 0 aliphatic heterocycles. The minimum absolute atomic E-state index is 0.0356. The van der Waals surface area contributed by atoms with E-state index in [1.165, 1.54) is 0 Å². The molecule has 0 fully saturated rings. The van der Waals surface area contributed by atoms with Gasteiger partial charge in [-0.1, -0.05) is 25.1 Å². The Labute approximate surface area is 116 Å². The number of carbonyl (C=O) groups excluding carboxylic acids is 1. The van der Waals surface area contributed by atoms with Crippen molar-refractivity contribution in [2.45, 2.75) is 32.9 Å². The highest BCUT2D eigenvalue weighted by Crippen LogP contribution is 2.55. The molecule has 0 aliphatic carbocycles. The van der Waals surface area contributed by atoms with E-state index in [1.807, 2.05) is 52.3 Å². The van der Waals surface area contributed by atoms with Crippen LogP contribution in [0.2, 0.25) is 0 Å². The van der Waals surface area contributed by atoms with Gasteiger partial charge in [0.05, 0.1) is 0 Å². The second-order valence-electron chi connectivity index (χ2n) is 5.11. The summed E-state index contributed by atoms with van der Waals surface area (Å²) < 4.78 is 0. The largest absolute Gasteiger partial charge is 0.556 e. The number of aryl methyl sites for hydroxylation is 2.